The normalized spacial score (nSPS) is 10.3. The van der Waals surface area contributed by atoms with Crippen molar-refractivity contribution in [1.82, 2.24) is 4.98 Å². The van der Waals surface area contributed by atoms with Crippen molar-refractivity contribution in [3.05, 3.63) is 35.5 Å². The van der Waals surface area contributed by atoms with Gasteiger partial charge >= 0.3 is 0 Å². The minimum atomic E-state index is 0.663. The first-order chi connectivity index (χ1) is 10.1. The first kappa shape index (κ1) is 15.5. The molecular formula is C16H19NO3S. The summed E-state index contributed by atoms with van der Waals surface area (Å²) in [6, 6.07) is 7.61. The molecule has 5 heteroatoms. The van der Waals surface area contributed by atoms with Gasteiger partial charge in [0.05, 0.1) is 32.6 Å². The molecule has 0 aliphatic heterocycles. The molecule has 0 N–H and O–H groups in total. The zero-order valence-corrected chi connectivity index (χ0v) is 13.5. The van der Waals surface area contributed by atoms with Crippen LogP contribution in [0.3, 0.4) is 0 Å². The highest BCUT2D eigenvalue weighted by Gasteiger charge is 2.17. The number of methoxy groups -OCH3 is 3. The van der Waals surface area contributed by atoms with Crippen molar-refractivity contribution in [2.75, 3.05) is 21.3 Å². The molecule has 2 aromatic rings. The predicted octanol–water partition coefficient (Wildman–Crippen LogP) is 3.51. The van der Waals surface area contributed by atoms with Crippen molar-refractivity contribution < 1.29 is 14.2 Å². The third-order valence-electron chi connectivity index (χ3n) is 3.34. The monoisotopic (exact) mass is 305 g/mol. The standard InChI is InChI=1S/C16H19NO3S/c1-10-11(9-21)5-6-13(17-10)16-14(19-3)7-12(18-2)8-15(16)20-4/h5-8,21H,9H2,1-4H3. The number of thiol groups is 1. The largest absolute Gasteiger partial charge is 0.496 e. The molecule has 0 unspecified atom stereocenters. The van der Waals surface area contributed by atoms with Gasteiger partial charge in [0.2, 0.25) is 0 Å². The molecule has 0 bridgehead atoms. The SMILES string of the molecule is COc1cc(OC)c(-c2ccc(CS)c(C)n2)c(OC)c1. The Kier molecular flexibility index (Phi) is 4.96. The van der Waals surface area contributed by atoms with Crippen molar-refractivity contribution in [1.29, 1.82) is 0 Å². The van der Waals surface area contributed by atoms with Crippen LogP contribution < -0.4 is 14.2 Å². The summed E-state index contributed by atoms with van der Waals surface area (Å²) in [6.45, 7) is 1.97. The molecule has 1 aromatic carbocycles. The van der Waals surface area contributed by atoms with Crippen LogP contribution in [-0.4, -0.2) is 26.3 Å². The van der Waals surface area contributed by atoms with Crippen LogP contribution in [0.4, 0.5) is 0 Å². The van der Waals surface area contributed by atoms with Gasteiger partial charge in [-0.3, -0.25) is 4.98 Å². The van der Waals surface area contributed by atoms with E-state index in [0.717, 1.165) is 22.5 Å². The summed E-state index contributed by atoms with van der Waals surface area (Å²) in [6.07, 6.45) is 0. The minimum absolute atomic E-state index is 0.663. The Labute approximate surface area is 130 Å². The van der Waals surface area contributed by atoms with Gasteiger partial charge in [0.25, 0.3) is 0 Å². The first-order valence-electron chi connectivity index (χ1n) is 6.52. The quantitative estimate of drug-likeness (QED) is 0.858. The predicted molar refractivity (Wildman–Crippen MR) is 86.8 cm³/mol. The number of aryl methyl sites for hydroxylation is 1. The lowest BCUT2D eigenvalue weighted by Gasteiger charge is -2.15. The topological polar surface area (TPSA) is 40.6 Å². The Balaban J connectivity index is 2.64. The Morgan fingerprint density at radius 2 is 1.62 bits per heavy atom. The smallest absolute Gasteiger partial charge is 0.135 e. The molecule has 0 aliphatic rings. The van der Waals surface area contributed by atoms with Gasteiger partial charge < -0.3 is 14.2 Å². The van der Waals surface area contributed by atoms with Gasteiger partial charge in [-0.15, -0.1) is 0 Å². The fourth-order valence-electron chi connectivity index (χ4n) is 2.15. The number of pyridine rings is 1. The van der Waals surface area contributed by atoms with Crippen molar-refractivity contribution in [2.24, 2.45) is 0 Å². The van der Waals surface area contributed by atoms with Gasteiger partial charge in [-0.25, -0.2) is 0 Å². The number of ether oxygens (including phenoxy) is 3. The molecule has 0 atom stereocenters. The molecule has 0 amide bonds. The average molecular weight is 305 g/mol. The second-order valence-electron chi connectivity index (χ2n) is 4.51. The highest BCUT2D eigenvalue weighted by atomic mass is 32.1. The third-order valence-corrected chi connectivity index (χ3v) is 3.68. The maximum atomic E-state index is 5.47. The van der Waals surface area contributed by atoms with E-state index in [1.807, 2.05) is 31.2 Å². The maximum absolute atomic E-state index is 5.47. The van der Waals surface area contributed by atoms with Crippen LogP contribution in [0.25, 0.3) is 11.3 Å². The fourth-order valence-corrected chi connectivity index (χ4v) is 2.49. The number of nitrogens with zero attached hydrogens (tertiary/aromatic N) is 1. The average Bonchev–Trinajstić information content (AvgIpc) is 2.53. The van der Waals surface area contributed by atoms with E-state index in [1.165, 1.54) is 0 Å². The van der Waals surface area contributed by atoms with Crippen molar-refractivity contribution >= 4 is 12.6 Å². The minimum Gasteiger partial charge on any atom is -0.496 e. The third kappa shape index (κ3) is 3.08. The van der Waals surface area contributed by atoms with Crippen LogP contribution in [0, 0.1) is 6.92 Å². The number of rotatable bonds is 5. The van der Waals surface area contributed by atoms with Crippen LogP contribution in [0.1, 0.15) is 11.3 Å². The molecule has 0 saturated heterocycles. The Bertz CT molecular complexity index is 618. The molecule has 0 saturated carbocycles. The summed E-state index contributed by atoms with van der Waals surface area (Å²) in [5, 5.41) is 0. The molecule has 112 valence electrons. The van der Waals surface area contributed by atoms with Crippen LogP contribution in [0.5, 0.6) is 17.2 Å². The molecule has 0 spiro atoms. The highest BCUT2D eigenvalue weighted by molar-refractivity contribution is 7.79. The van der Waals surface area contributed by atoms with Gasteiger partial charge in [0.15, 0.2) is 0 Å². The van der Waals surface area contributed by atoms with E-state index < -0.39 is 0 Å². The molecule has 0 aliphatic carbocycles. The molecule has 1 heterocycles. The number of hydrogen-bond donors (Lipinski definition) is 1. The molecule has 21 heavy (non-hydrogen) atoms. The Morgan fingerprint density at radius 3 is 2.05 bits per heavy atom. The van der Waals surface area contributed by atoms with Crippen LogP contribution in [-0.2, 0) is 5.75 Å². The van der Waals surface area contributed by atoms with Crippen molar-refractivity contribution in [3.63, 3.8) is 0 Å². The lowest BCUT2D eigenvalue weighted by molar-refractivity contribution is 0.377. The summed E-state index contributed by atoms with van der Waals surface area (Å²) in [4.78, 5) is 4.64. The van der Waals surface area contributed by atoms with E-state index >= 15 is 0 Å². The van der Waals surface area contributed by atoms with Gasteiger partial charge in [0.1, 0.15) is 17.2 Å². The molecular weight excluding hydrogens is 286 g/mol. The van der Waals surface area contributed by atoms with Crippen LogP contribution in [0.2, 0.25) is 0 Å². The van der Waals surface area contributed by atoms with E-state index in [-0.39, 0.29) is 0 Å². The molecule has 0 fully saturated rings. The second-order valence-corrected chi connectivity index (χ2v) is 4.82. The van der Waals surface area contributed by atoms with E-state index in [2.05, 4.69) is 17.6 Å². The Morgan fingerprint density at radius 1 is 1.00 bits per heavy atom. The molecule has 1 aromatic heterocycles. The zero-order chi connectivity index (χ0) is 15.4. The van der Waals surface area contributed by atoms with E-state index in [9.17, 15) is 0 Å². The Hall–Kier alpha value is -1.88. The summed E-state index contributed by atoms with van der Waals surface area (Å²) in [7, 11) is 4.84. The number of benzene rings is 1. The molecule has 4 nitrogen and oxygen atoms in total. The molecule has 2 rings (SSSR count). The van der Waals surface area contributed by atoms with Crippen molar-refractivity contribution in [3.8, 4) is 28.5 Å². The lowest BCUT2D eigenvalue weighted by atomic mass is 10.1. The molecule has 0 radical (unpaired) electrons. The summed E-state index contributed by atoms with van der Waals surface area (Å²) in [5.74, 6) is 2.67. The zero-order valence-electron chi connectivity index (χ0n) is 12.6. The lowest BCUT2D eigenvalue weighted by Crippen LogP contribution is -1.98. The van der Waals surface area contributed by atoms with Gasteiger partial charge in [-0.2, -0.15) is 12.6 Å². The van der Waals surface area contributed by atoms with Crippen LogP contribution >= 0.6 is 12.6 Å². The van der Waals surface area contributed by atoms with E-state index in [0.29, 0.717) is 23.0 Å². The summed E-state index contributed by atoms with van der Waals surface area (Å²) in [5.41, 5.74) is 3.67. The van der Waals surface area contributed by atoms with Crippen LogP contribution in [0.15, 0.2) is 24.3 Å². The summed E-state index contributed by atoms with van der Waals surface area (Å²) >= 11 is 4.30. The second kappa shape index (κ2) is 6.72. The first-order valence-corrected chi connectivity index (χ1v) is 7.15. The van der Waals surface area contributed by atoms with E-state index in [1.54, 1.807) is 21.3 Å². The van der Waals surface area contributed by atoms with E-state index in [4.69, 9.17) is 14.2 Å². The number of hydrogen-bond acceptors (Lipinski definition) is 5. The maximum Gasteiger partial charge on any atom is 0.135 e. The summed E-state index contributed by atoms with van der Waals surface area (Å²) < 4.78 is 16.2. The van der Waals surface area contributed by atoms with Gasteiger partial charge in [-0.1, -0.05) is 6.07 Å². The number of aromatic nitrogens is 1. The van der Waals surface area contributed by atoms with Crippen molar-refractivity contribution in [2.45, 2.75) is 12.7 Å². The fraction of sp³-hybridized carbons (Fsp3) is 0.312. The van der Waals surface area contributed by atoms with Gasteiger partial charge in [-0.05, 0) is 18.6 Å². The highest BCUT2D eigenvalue weighted by Crippen LogP contribution is 2.41. The van der Waals surface area contributed by atoms with Gasteiger partial charge in [0, 0.05) is 23.6 Å².